The lowest BCUT2D eigenvalue weighted by atomic mass is 9.96. The van der Waals surface area contributed by atoms with Gasteiger partial charge in [0.2, 0.25) is 0 Å². The second-order valence-electron chi connectivity index (χ2n) is 4.75. The average molecular weight is 283 g/mol. The zero-order valence-corrected chi connectivity index (χ0v) is 14.2. The van der Waals surface area contributed by atoms with Crippen molar-refractivity contribution in [3.05, 3.63) is 65.2 Å². The number of rotatable bonds is 0. The summed E-state index contributed by atoms with van der Waals surface area (Å²) >= 11 is 0. The predicted molar refractivity (Wildman–Crippen MR) is 95.1 cm³/mol. The molecule has 1 heteroatoms. The molecule has 2 aromatic rings. The Bertz CT molecular complexity index is 531. The maximum atomic E-state index is 2.35. The van der Waals surface area contributed by atoms with Crippen molar-refractivity contribution in [1.82, 2.24) is 0 Å². The summed E-state index contributed by atoms with van der Waals surface area (Å²) < 4.78 is 0. The smallest absolute Gasteiger partial charge is 0.0429 e. The molecule has 21 heavy (non-hydrogen) atoms. The van der Waals surface area contributed by atoms with Crippen LogP contribution in [0, 0.1) is 0 Å². The number of aryl methyl sites for hydroxylation is 2. The fourth-order valence-electron chi connectivity index (χ4n) is 2.66. The second-order valence-corrected chi connectivity index (χ2v) is 4.75. The van der Waals surface area contributed by atoms with Gasteiger partial charge in [0.25, 0.3) is 0 Å². The van der Waals surface area contributed by atoms with Gasteiger partial charge in [0.1, 0.15) is 0 Å². The highest BCUT2D eigenvalue weighted by atomic mass is 15.1. The summed E-state index contributed by atoms with van der Waals surface area (Å²) in [4.78, 5) is 2.35. The third-order valence-corrected chi connectivity index (χ3v) is 3.59. The van der Waals surface area contributed by atoms with Crippen molar-refractivity contribution in [2.75, 3.05) is 11.9 Å². The monoisotopic (exact) mass is 283 g/mol. The Morgan fingerprint density at radius 2 is 1.14 bits per heavy atom. The maximum Gasteiger partial charge on any atom is 0.0429 e. The Balaban J connectivity index is 0.000000510. The molecule has 0 N–H and O–H groups in total. The normalized spacial score (nSPS) is 12.3. The van der Waals surface area contributed by atoms with Gasteiger partial charge in [0, 0.05) is 19.3 Å². The lowest BCUT2D eigenvalue weighted by Gasteiger charge is -2.26. The SMILES string of the molecule is CC.CC.CN1Cc2ccccc2CCc2ccccc21. The molecular formula is C20H29N. The summed E-state index contributed by atoms with van der Waals surface area (Å²) in [6.07, 6.45) is 2.29. The first-order valence-electron chi connectivity index (χ1n) is 8.20. The third kappa shape index (κ3) is 4.35. The molecule has 0 unspecified atom stereocenters. The Labute approximate surface area is 130 Å². The largest absolute Gasteiger partial charge is 0.370 e. The van der Waals surface area contributed by atoms with E-state index in [-0.39, 0.29) is 0 Å². The zero-order chi connectivity index (χ0) is 15.7. The Morgan fingerprint density at radius 3 is 1.81 bits per heavy atom. The van der Waals surface area contributed by atoms with Crippen molar-refractivity contribution in [1.29, 1.82) is 0 Å². The average Bonchev–Trinajstić information content (AvgIpc) is 2.56. The van der Waals surface area contributed by atoms with Crippen LogP contribution in [-0.2, 0) is 19.4 Å². The predicted octanol–water partition coefficient (Wildman–Crippen LogP) is 5.47. The fraction of sp³-hybridized carbons (Fsp3) is 0.400. The van der Waals surface area contributed by atoms with Gasteiger partial charge in [-0.3, -0.25) is 0 Å². The van der Waals surface area contributed by atoms with Crippen LogP contribution in [-0.4, -0.2) is 7.05 Å². The van der Waals surface area contributed by atoms with Crippen LogP contribution in [0.3, 0.4) is 0 Å². The molecule has 1 heterocycles. The molecule has 0 atom stereocenters. The number of fused-ring (bicyclic) bond motifs is 2. The fourth-order valence-corrected chi connectivity index (χ4v) is 2.66. The number of para-hydroxylation sites is 1. The molecule has 114 valence electrons. The molecule has 0 aliphatic carbocycles. The van der Waals surface area contributed by atoms with Crippen LogP contribution in [0.15, 0.2) is 48.5 Å². The van der Waals surface area contributed by atoms with Gasteiger partial charge >= 0.3 is 0 Å². The van der Waals surface area contributed by atoms with Crippen LogP contribution in [0.25, 0.3) is 0 Å². The molecule has 0 saturated heterocycles. The molecule has 0 fully saturated rings. The number of anilines is 1. The minimum Gasteiger partial charge on any atom is -0.370 e. The van der Waals surface area contributed by atoms with E-state index in [2.05, 4.69) is 60.5 Å². The Morgan fingerprint density at radius 1 is 0.667 bits per heavy atom. The maximum absolute atomic E-state index is 2.35. The van der Waals surface area contributed by atoms with Gasteiger partial charge in [-0.25, -0.2) is 0 Å². The van der Waals surface area contributed by atoms with Crippen molar-refractivity contribution in [3.63, 3.8) is 0 Å². The molecule has 1 aliphatic heterocycles. The topological polar surface area (TPSA) is 3.24 Å². The molecule has 3 rings (SSSR count). The minimum atomic E-state index is 1.01. The third-order valence-electron chi connectivity index (χ3n) is 3.59. The Kier molecular flexibility index (Phi) is 7.60. The van der Waals surface area contributed by atoms with Gasteiger partial charge in [0.15, 0.2) is 0 Å². The molecule has 1 aliphatic rings. The zero-order valence-electron chi connectivity index (χ0n) is 14.2. The van der Waals surface area contributed by atoms with Crippen molar-refractivity contribution >= 4 is 5.69 Å². The van der Waals surface area contributed by atoms with Crippen molar-refractivity contribution in [3.8, 4) is 0 Å². The Hall–Kier alpha value is -1.76. The van der Waals surface area contributed by atoms with E-state index in [9.17, 15) is 0 Å². The molecule has 0 saturated carbocycles. The van der Waals surface area contributed by atoms with Gasteiger partial charge < -0.3 is 4.90 Å². The molecular weight excluding hydrogens is 254 g/mol. The van der Waals surface area contributed by atoms with Crippen molar-refractivity contribution in [2.24, 2.45) is 0 Å². The summed E-state index contributed by atoms with van der Waals surface area (Å²) in [7, 11) is 2.18. The van der Waals surface area contributed by atoms with Crippen molar-refractivity contribution in [2.45, 2.75) is 47.1 Å². The second kappa shape index (κ2) is 9.23. The quantitative estimate of drug-likeness (QED) is 0.619. The summed E-state index contributed by atoms with van der Waals surface area (Å²) in [5.74, 6) is 0. The van der Waals surface area contributed by atoms with Gasteiger partial charge in [-0.05, 0) is 35.6 Å². The summed E-state index contributed by atoms with van der Waals surface area (Å²) in [6, 6.07) is 17.5. The molecule has 0 spiro atoms. The van der Waals surface area contributed by atoms with E-state index in [0.29, 0.717) is 0 Å². The van der Waals surface area contributed by atoms with E-state index in [1.807, 2.05) is 27.7 Å². The number of nitrogens with zero attached hydrogens (tertiary/aromatic N) is 1. The standard InChI is InChI=1S/C16H17N.2C2H6/c1-17-12-15-8-3-2-6-13(15)10-11-14-7-4-5-9-16(14)17;2*1-2/h2-9H,10-12H2,1H3;2*1-2H3. The lowest BCUT2D eigenvalue weighted by Crippen LogP contribution is -2.21. The first kappa shape index (κ1) is 17.3. The molecule has 2 aromatic carbocycles. The first-order chi connectivity index (χ1) is 10.3. The summed E-state index contributed by atoms with van der Waals surface area (Å²) in [5, 5.41) is 0. The van der Waals surface area contributed by atoms with Crippen LogP contribution < -0.4 is 4.90 Å². The number of hydrogen-bond donors (Lipinski definition) is 0. The molecule has 0 bridgehead atoms. The van der Waals surface area contributed by atoms with Crippen LogP contribution in [0.1, 0.15) is 44.4 Å². The highest BCUT2D eigenvalue weighted by molar-refractivity contribution is 5.55. The van der Waals surface area contributed by atoms with Crippen LogP contribution >= 0.6 is 0 Å². The number of hydrogen-bond acceptors (Lipinski definition) is 1. The minimum absolute atomic E-state index is 1.01. The van der Waals surface area contributed by atoms with E-state index >= 15 is 0 Å². The van der Waals surface area contributed by atoms with E-state index in [1.165, 1.54) is 22.4 Å². The van der Waals surface area contributed by atoms with Gasteiger partial charge in [0.05, 0.1) is 0 Å². The van der Waals surface area contributed by atoms with Crippen LogP contribution in [0.4, 0.5) is 5.69 Å². The highest BCUT2D eigenvalue weighted by Crippen LogP contribution is 2.26. The van der Waals surface area contributed by atoms with E-state index in [4.69, 9.17) is 0 Å². The molecule has 1 nitrogen and oxygen atoms in total. The molecule has 0 aromatic heterocycles. The first-order valence-corrected chi connectivity index (χ1v) is 8.20. The number of benzene rings is 2. The summed E-state index contributed by atoms with van der Waals surface area (Å²) in [5.41, 5.74) is 5.80. The lowest BCUT2D eigenvalue weighted by molar-refractivity contribution is 0.837. The van der Waals surface area contributed by atoms with Gasteiger partial charge in [-0.15, -0.1) is 0 Å². The molecule has 0 amide bonds. The van der Waals surface area contributed by atoms with Gasteiger partial charge in [-0.1, -0.05) is 70.2 Å². The van der Waals surface area contributed by atoms with Crippen LogP contribution in [0.2, 0.25) is 0 Å². The highest BCUT2D eigenvalue weighted by Gasteiger charge is 2.13. The van der Waals surface area contributed by atoms with E-state index in [0.717, 1.165) is 19.4 Å². The van der Waals surface area contributed by atoms with E-state index < -0.39 is 0 Å². The molecule has 0 radical (unpaired) electrons. The van der Waals surface area contributed by atoms with E-state index in [1.54, 1.807) is 0 Å². The van der Waals surface area contributed by atoms with Gasteiger partial charge in [-0.2, -0.15) is 0 Å². The van der Waals surface area contributed by atoms with Crippen LogP contribution in [0.5, 0.6) is 0 Å². The van der Waals surface area contributed by atoms with Crippen molar-refractivity contribution < 1.29 is 0 Å². The summed E-state index contributed by atoms with van der Waals surface area (Å²) in [6.45, 7) is 9.01.